The van der Waals surface area contributed by atoms with Crippen molar-refractivity contribution < 1.29 is 9.90 Å². The van der Waals surface area contributed by atoms with Gasteiger partial charge in [0, 0.05) is 43.6 Å². The third-order valence-electron chi connectivity index (χ3n) is 3.15. The Bertz CT molecular complexity index is 417. The van der Waals surface area contributed by atoms with Crippen LogP contribution in [0.4, 0.5) is 0 Å². The van der Waals surface area contributed by atoms with Crippen molar-refractivity contribution in [2.75, 3.05) is 38.1 Å². The van der Waals surface area contributed by atoms with E-state index in [1.165, 1.54) is 6.07 Å². The minimum absolute atomic E-state index is 0.00407. The van der Waals surface area contributed by atoms with E-state index in [4.69, 9.17) is 0 Å². The first-order chi connectivity index (χ1) is 8.70. The highest BCUT2D eigenvalue weighted by Gasteiger charge is 2.21. The molecule has 1 aliphatic rings. The van der Waals surface area contributed by atoms with E-state index in [0.29, 0.717) is 5.56 Å². The van der Waals surface area contributed by atoms with Crippen LogP contribution in [0.3, 0.4) is 0 Å². The number of phenolic OH excluding ortho intramolecular Hbond substituents is 1. The van der Waals surface area contributed by atoms with E-state index < -0.39 is 0 Å². The minimum atomic E-state index is 0.00407. The predicted octanol–water partition coefficient (Wildman–Crippen LogP) is 1.54. The van der Waals surface area contributed by atoms with Gasteiger partial charge in [-0.15, -0.1) is 0 Å². The molecule has 0 aromatic heterocycles. The van der Waals surface area contributed by atoms with Gasteiger partial charge < -0.3 is 10.0 Å². The lowest BCUT2D eigenvalue weighted by Gasteiger charge is -2.34. The smallest absolute Gasteiger partial charge is 0.254 e. The number of phenols is 1. The number of alkyl halides is 1. The van der Waals surface area contributed by atoms with E-state index in [2.05, 4.69) is 20.8 Å². The summed E-state index contributed by atoms with van der Waals surface area (Å²) in [5.74, 6) is 0.142. The molecule has 0 spiro atoms. The quantitative estimate of drug-likeness (QED) is 0.861. The number of halogens is 1. The maximum atomic E-state index is 12.2. The molecule has 2 rings (SSSR count). The molecular weight excluding hydrogens is 296 g/mol. The van der Waals surface area contributed by atoms with Crippen molar-refractivity contribution >= 4 is 21.8 Å². The van der Waals surface area contributed by atoms with Gasteiger partial charge in [-0.3, -0.25) is 9.69 Å². The van der Waals surface area contributed by atoms with E-state index in [0.717, 1.165) is 38.1 Å². The van der Waals surface area contributed by atoms with Crippen LogP contribution in [-0.2, 0) is 0 Å². The molecule has 1 aromatic carbocycles. The monoisotopic (exact) mass is 312 g/mol. The highest BCUT2D eigenvalue weighted by Crippen LogP contribution is 2.14. The van der Waals surface area contributed by atoms with Crippen molar-refractivity contribution in [3.8, 4) is 5.75 Å². The molecule has 18 heavy (non-hydrogen) atoms. The van der Waals surface area contributed by atoms with Crippen LogP contribution in [0.25, 0.3) is 0 Å². The van der Waals surface area contributed by atoms with Crippen molar-refractivity contribution in [1.82, 2.24) is 9.80 Å². The van der Waals surface area contributed by atoms with Crippen LogP contribution in [0.1, 0.15) is 10.4 Å². The SMILES string of the molecule is O=C(c1cccc(O)c1)N1CCN(CCBr)CC1. The van der Waals surface area contributed by atoms with E-state index in [1.54, 1.807) is 18.2 Å². The highest BCUT2D eigenvalue weighted by atomic mass is 79.9. The zero-order valence-corrected chi connectivity index (χ0v) is 11.8. The molecule has 1 N–H and O–H groups in total. The first-order valence-electron chi connectivity index (χ1n) is 6.07. The van der Waals surface area contributed by atoms with Crippen molar-refractivity contribution in [2.45, 2.75) is 0 Å². The number of hydrogen-bond donors (Lipinski definition) is 1. The summed E-state index contributed by atoms with van der Waals surface area (Å²) in [4.78, 5) is 16.4. The third kappa shape index (κ3) is 3.23. The molecule has 4 nitrogen and oxygen atoms in total. The Balaban J connectivity index is 1.95. The standard InChI is InChI=1S/C13H17BrN2O2/c14-4-5-15-6-8-16(9-7-15)13(18)11-2-1-3-12(17)10-11/h1-3,10,17H,4-9H2. The number of carbonyl (C=O) groups excluding carboxylic acids is 1. The maximum Gasteiger partial charge on any atom is 0.254 e. The number of amides is 1. The molecule has 1 amide bonds. The summed E-state index contributed by atoms with van der Waals surface area (Å²) in [6.07, 6.45) is 0. The summed E-state index contributed by atoms with van der Waals surface area (Å²) in [6.45, 7) is 4.35. The molecule has 0 saturated carbocycles. The van der Waals surface area contributed by atoms with Gasteiger partial charge in [0.2, 0.25) is 0 Å². The minimum Gasteiger partial charge on any atom is -0.508 e. The van der Waals surface area contributed by atoms with Crippen LogP contribution in [0.5, 0.6) is 5.75 Å². The molecule has 1 saturated heterocycles. The molecule has 0 unspecified atom stereocenters. The van der Waals surface area contributed by atoms with Gasteiger partial charge in [-0.05, 0) is 18.2 Å². The third-order valence-corrected chi connectivity index (χ3v) is 3.51. The molecular formula is C13H17BrN2O2. The number of carbonyl (C=O) groups is 1. The van der Waals surface area contributed by atoms with Crippen LogP contribution < -0.4 is 0 Å². The van der Waals surface area contributed by atoms with Gasteiger partial charge >= 0.3 is 0 Å². The fourth-order valence-electron chi connectivity index (χ4n) is 2.12. The van der Waals surface area contributed by atoms with Crippen LogP contribution in [0.2, 0.25) is 0 Å². The average molecular weight is 313 g/mol. The lowest BCUT2D eigenvalue weighted by Crippen LogP contribution is -2.49. The van der Waals surface area contributed by atoms with E-state index in [9.17, 15) is 9.90 Å². The van der Waals surface area contributed by atoms with Crippen molar-refractivity contribution in [3.05, 3.63) is 29.8 Å². The van der Waals surface area contributed by atoms with E-state index >= 15 is 0 Å². The second kappa shape index (κ2) is 6.20. The number of rotatable bonds is 3. The topological polar surface area (TPSA) is 43.8 Å². The van der Waals surface area contributed by atoms with Crippen LogP contribution in [0.15, 0.2) is 24.3 Å². The summed E-state index contributed by atoms with van der Waals surface area (Å²) < 4.78 is 0. The molecule has 1 aromatic rings. The Hall–Kier alpha value is -1.07. The molecule has 5 heteroatoms. The first-order valence-corrected chi connectivity index (χ1v) is 7.19. The van der Waals surface area contributed by atoms with Gasteiger partial charge in [-0.1, -0.05) is 22.0 Å². The van der Waals surface area contributed by atoms with Crippen LogP contribution in [0, 0.1) is 0 Å². The summed E-state index contributed by atoms with van der Waals surface area (Å²) in [6, 6.07) is 6.54. The number of aromatic hydroxyl groups is 1. The Kier molecular flexibility index (Phi) is 4.60. The zero-order chi connectivity index (χ0) is 13.0. The van der Waals surface area contributed by atoms with Gasteiger partial charge in [0.15, 0.2) is 0 Å². The fourth-order valence-corrected chi connectivity index (χ4v) is 2.62. The molecule has 1 aliphatic heterocycles. The molecule has 1 heterocycles. The number of benzene rings is 1. The molecule has 0 radical (unpaired) electrons. The Morgan fingerprint density at radius 3 is 2.61 bits per heavy atom. The van der Waals surface area contributed by atoms with Gasteiger partial charge in [0.25, 0.3) is 5.91 Å². The van der Waals surface area contributed by atoms with Gasteiger partial charge in [0.1, 0.15) is 5.75 Å². The fraction of sp³-hybridized carbons (Fsp3) is 0.462. The Morgan fingerprint density at radius 2 is 2.00 bits per heavy atom. The molecule has 0 aliphatic carbocycles. The largest absolute Gasteiger partial charge is 0.508 e. The summed E-state index contributed by atoms with van der Waals surface area (Å²) in [5, 5.41) is 10.4. The molecule has 1 fully saturated rings. The van der Waals surface area contributed by atoms with Crippen molar-refractivity contribution in [2.24, 2.45) is 0 Å². The van der Waals surface area contributed by atoms with Gasteiger partial charge in [-0.25, -0.2) is 0 Å². The van der Waals surface area contributed by atoms with Crippen LogP contribution >= 0.6 is 15.9 Å². The van der Waals surface area contributed by atoms with E-state index in [-0.39, 0.29) is 11.7 Å². The van der Waals surface area contributed by atoms with Crippen LogP contribution in [-0.4, -0.2) is 58.9 Å². The van der Waals surface area contributed by atoms with Crippen molar-refractivity contribution in [3.63, 3.8) is 0 Å². The van der Waals surface area contributed by atoms with Gasteiger partial charge in [-0.2, -0.15) is 0 Å². The average Bonchev–Trinajstić information content (AvgIpc) is 2.39. The van der Waals surface area contributed by atoms with Crippen molar-refractivity contribution in [1.29, 1.82) is 0 Å². The molecule has 0 bridgehead atoms. The normalized spacial score (nSPS) is 16.8. The number of hydrogen-bond acceptors (Lipinski definition) is 3. The lowest BCUT2D eigenvalue weighted by atomic mass is 10.1. The Labute approximate surface area is 115 Å². The van der Waals surface area contributed by atoms with Gasteiger partial charge in [0.05, 0.1) is 0 Å². The summed E-state index contributed by atoms with van der Waals surface area (Å²) in [5.41, 5.74) is 0.559. The summed E-state index contributed by atoms with van der Waals surface area (Å²) >= 11 is 3.42. The zero-order valence-electron chi connectivity index (χ0n) is 10.2. The maximum absolute atomic E-state index is 12.2. The number of nitrogens with zero attached hydrogens (tertiary/aromatic N) is 2. The number of piperazine rings is 1. The predicted molar refractivity (Wildman–Crippen MR) is 74.2 cm³/mol. The Morgan fingerprint density at radius 1 is 1.28 bits per heavy atom. The molecule has 98 valence electrons. The second-order valence-electron chi connectivity index (χ2n) is 4.37. The molecule has 0 atom stereocenters. The highest BCUT2D eigenvalue weighted by molar-refractivity contribution is 9.09. The lowest BCUT2D eigenvalue weighted by molar-refractivity contribution is 0.0644. The first kappa shape index (κ1) is 13.4. The second-order valence-corrected chi connectivity index (χ2v) is 5.17. The van der Waals surface area contributed by atoms with E-state index in [1.807, 2.05) is 4.90 Å². The summed E-state index contributed by atoms with van der Waals surface area (Å²) in [7, 11) is 0.